The summed E-state index contributed by atoms with van der Waals surface area (Å²) < 4.78 is 0. The third-order valence-corrected chi connectivity index (χ3v) is 2.97. The lowest BCUT2D eigenvalue weighted by atomic mass is 10.1. The number of nitro groups is 1. The van der Waals surface area contributed by atoms with Gasteiger partial charge in [-0.25, -0.2) is 0 Å². The van der Waals surface area contributed by atoms with E-state index in [4.69, 9.17) is 0 Å². The summed E-state index contributed by atoms with van der Waals surface area (Å²) in [6.07, 6.45) is 0. The van der Waals surface area contributed by atoms with Crippen LogP contribution in [0.1, 0.15) is 46.2 Å². The number of carbonyl (C=O) groups is 1. The zero-order valence-corrected chi connectivity index (χ0v) is 13.1. The fourth-order valence-corrected chi connectivity index (χ4v) is 1.93. The average molecular weight is 293 g/mol. The molecule has 0 spiro atoms. The minimum Gasteiger partial charge on any atom is -0.350 e. The van der Waals surface area contributed by atoms with E-state index in [1.54, 1.807) is 19.1 Å². The van der Waals surface area contributed by atoms with Gasteiger partial charge in [-0.2, -0.15) is 0 Å². The van der Waals surface area contributed by atoms with Crippen LogP contribution in [0.3, 0.4) is 0 Å². The Kier molecular flexibility index (Phi) is 5.43. The molecule has 6 heteroatoms. The van der Waals surface area contributed by atoms with Crippen molar-refractivity contribution in [2.45, 2.75) is 52.2 Å². The number of nitrogens with zero attached hydrogens (tertiary/aromatic N) is 1. The smallest absolute Gasteiger partial charge is 0.269 e. The Morgan fingerprint density at radius 2 is 1.90 bits per heavy atom. The molecule has 0 aromatic heterocycles. The van der Waals surface area contributed by atoms with Gasteiger partial charge in [-0.05, 0) is 40.2 Å². The maximum atomic E-state index is 12.0. The van der Waals surface area contributed by atoms with Crippen LogP contribution >= 0.6 is 0 Å². The van der Waals surface area contributed by atoms with Crippen molar-refractivity contribution >= 4 is 11.6 Å². The van der Waals surface area contributed by atoms with Gasteiger partial charge in [-0.15, -0.1) is 0 Å². The molecule has 21 heavy (non-hydrogen) atoms. The third-order valence-electron chi connectivity index (χ3n) is 2.97. The molecule has 2 atom stereocenters. The SMILES string of the molecule is CC(NC(C)c1cccc([N+](=O)[O-])c1)C(=O)NC(C)(C)C. The molecule has 1 aromatic rings. The van der Waals surface area contributed by atoms with Crippen molar-refractivity contribution in [3.05, 3.63) is 39.9 Å². The first-order valence-electron chi connectivity index (χ1n) is 6.92. The van der Waals surface area contributed by atoms with Crippen LogP contribution in [-0.4, -0.2) is 22.4 Å². The van der Waals surface area contributed by atoms with Crippen molar-refractivity contribution in [1.29, 1.82) is 0 Å². The third kappa shape index (κ3) is 5.51. The topological polar surface area (TPSA) is 84.3 Å². The summed E-state index contributed by atoms with van der Waals surface area (Å²) in [6, 6.07) is 5.87. The molecule has 0 aliphatic carbocycles. The average Bonchev–Trinajstić information content (AvgIpc) is 2.36. The largest absolute Gasteiger partial charge is 0.350 e. The van der Waals surface area contributed by atoms with Crippen LogP contribution in [0.4, 0.5) is 5.69 Å². The zero-order valence-electron chi connectivity index (χ0n) is 13.1. The highest BCUT2D eigenvalue weighted by molar-refractivity contribution is 5.82. The quantitative estimate of drug-likeness (QED) is 0.645. The molecule has 0 aliphatic heterocycles. The van der Waals surface area contributed by atoms with Gasteiger partial charge in [-0.3, -0.25) is 20.2 Å². The van der Waals surface area contributed by atoms with Gasteiger partial charge in [0.1, 0.15) is 0 Å². The molecule has 0 aliphatic rings. The van der Waals surface area contributed by atoms with Crippen molar-refractivity contribution < 1.29 is 9.72 Å². The van der Waals surface area contributed by atoms with Gasteiger partial charge in [0, 0.05) is 23.7 Å². The number of non-ortho nitro benzene ring substituents is 1. The molecule has 0 saturated carbocycles. The van der Waals surface area contributed by atoms with Crippen molar-refractivity contribution in [3.63, 3.8) is 0 Å². The van der Waals surface area contributed by atoms with E-state index in [0.717, 1.165) is 5.56 Å². The van der Waals surface area contributed by atoms with Gasteiger partial charge in [-0.1, -0.05) is 12.1 Å². The van der Waals surface area contributed by atoms with E-state index < -0.39 is 11.0 Å². The molecule has 6 nitrogen and oxygen atoms in total. The molecule has 0 heterocycles. The Morgan fingerprint density at radius 1 is 1.29 bits per heavy atom. The summed E-state index contributed by atoms with van der Waals surface area (Å²) in [4.78, 5) is 22.4. The summed E-state index contributed by atoms with van der Waals surface area (Å²) >= 11 is 0. The lowest BCUT2D eigenvalue weighted by Gasteiger charge is -2.25. The zero-order chi connectivity index (χ0) is 16.2. The number of rotatable bonds is 5. The molecule has 2 unspecified atom stereocenters. The van der Waals surface area contributed by atoms with Crippen molar-refractivity contribution in [1.82, 2.24) is 10.6 Å². The Bertz CT molecular complexity index is 523. The highest BCUT2D eigenvalue weighted by atomic mass is 16.6. The Labute approximate surface area is 125 Å². The molecular weight excluding hydrogens is 270 g/mol. The Hall–Kier alpha value is -1.95. The van der Waals surface area contributed by atoms with Gasteiger partial charge >= 0.3 is 0 Å². The first-order valence-corrected chi connectivity index (χ1v) is 6.92. The first kappa shape index (κ1) is 17.1. The Morgan fingerprint density at radius 3 is 2.43 bits per heavy atom. The van der Waals surface area contributed by atoms with Gasteiger partial charge in [0.15, 0.2) is 0 Å². The minimum atomic E-state index is -0.425. The van der Waals surface area contributed by atoms with E-state index >= 15 is 0 Å². The highest BCUT2D eigenvalue weighted by Gasteiger charge is 2.21. The second kappa shape index (κ2) is 6.67. The number of benzene rings is 1. The molecule has 0 fully saturated rings. The van der Waals surface area contributed by atoms with Crippen LogP contribution in [0, 0.1) is 10.1 Å². The van der Waals surface area contributed by atoms with Gasteiger partial charge < -0.3 is 5.32 Å². The summed E-state index contributed by atoms with van der Waals surface area (Å²) in [5.41, 5.74) is 0.537. The lowest BCUT2D eigenvalue weighted by molar-refractivity contribution is -0.384. The summed E-state index contributed by atoms with van der Waals surface area (Å²) in [5, 5.41) is 16.8. The molecule has 0 radical (unpaired) electrons. The maximum absolute atomic E-state index is 12.0. The predicted molar refractivity (Wildman–Crippen MR) is 82.0 cm³/mol. The molecule has 1 amide bonds. The molecule has 0 saturated heterocycles. The van der Waals surface area contributed by atoms with Crippen LogP contribution in [0.15, 0.2) is 24.3 Å². The van der Waals surface area contributed by atoms with Crippen molar-refractivity contribution in [2.75, 3.05) is 0 Å². The number of nitro benzene ring substituents is 1. The number of carbonyl (C=O) groups excluding carboxylic acids is 1. The second-order valence-electron chi connectivity index (χ2n) is 6.20. The molecule has 0 bridgehead atoms. The van der Waals surface area contributed by atoms with Crippen molar-refractivity contribution in [2.24, 2.45) is 0 Å². The van der Waals surface area contributed by atoms with E-state index in [0.29, 0.717) is 0 Å². The van der Waals surface area contributed by atoms with E-state index in [2.05, 4.69) is 10.6 Å². The number of hydrogen-bond donors (Lipinski definition) is 2. The molecule has 1 aromatic carbocycles. The molecular formula is C15H23N3O3. The second-order valence-corrected chi connectivity index (χ2v) is 6.20. The predicted octanol–water partition coefficient (Wildman–Crippen LogP) is 2.55. The fraction of sp³-hybridized carbons (Fsp3) is 0.533. The van der Waals surface area contributed by atoms with Gasteiger partial charge in [0.2, 0.25) is 5.91 Å². The number of nitrogens with one attached hydrogen (secondary N) is 2. The van der Waals surface area contributed by atoms with Crippen LogP contribution in [0.2, 0.25) is 0 Å². The lowest BCUT2D eigenvalue weighted by Crippen LogP contribution is -2.49. The maximum Gasteiger partial charge on any atom is 0.269 e. The number of hydrogen-bond acceptors (Lipinski definition) is 4. The monoisotopic (exact) mass is 293 g/mol. The summed E-state index contributed by atoms with van der Waals surface area (Å²) in [7, 11) is 0. The van der Waals surface area contributed by atoms with Gasteiger partial charge in [0.25, 0.3) is 5.69 Å². The first-order chi connectivity index (χ1) is 9.60. The number of amides is 1. The highest BCUT2D eigenvalue weighted by Crippen LogP contribution is 2.19. The fourth-order valence-electron chi connectivity index (χ4n) is 1.93. The minimum absolute atomic E-state index is 0.0490. The summed E-state index contributed by atoms with van der Waals surface area (Å²) in [5.74, 6) is -0.0974. The van der Waals surface area contributed by atoms with Crippen LogP contribution in [-0.2, 0) is 4.79 Å². The molecule has 2 N–H and O–H groups in total. The normalized spacial score (nSPS) is 14.3. The molecule has 1 rings (SSSR count). The van der Waals surface area contributed by atoms with Crippen molar-refractivity contribution in [3.8, 4) is 0 Å². The van der Waals surface area contributed by atoms with Gasteiger partial charge in [0.05, 0.1) is 11.0 Å². The molecule has 116 valence electrons. The van der Waals surface area contributed by atoms with E-state index in [-0.39, 0.29) is 23.2 Å². The van der Waals surface area contributed by atoms with E-state index in [9.17, 15) is 14.9 Å². The Balaban J connectivity index is 2.72. The van der Waals surface area contributed by atoms with Crippen LogP contribution < -0.4 is 10.6 Å². The summed E-state index contributed by atoms with van der Waals surface area (Å²) in [6.45, 7) is 9.40. The van der Waals surface area contributed by atoms with E-state index in [1.165, 1.54) is 12.1 Å². The van der Waals surface area contributed by atoms with E-state index in [1.807, 2.05) is 27.7 Å². The standard InChI is InChI=1S/C15H23N3O3/c1-10(12-7-6-8-13(9-12)18(20)21)16-11(2)14(19)17-15(3,4)5/h6-11,16H,1-5H3,(H,17,19). The van der Waals surface area contributed by atoms with Crippen LogP contribution in [0.5, 0.6) is 0 Å². The van der Waals surface area contributed by atoms with Crippen LogP contribution in [0.25, 0.3) is 0 Å².